The van der Waals surface area contributed by atoms with Crippen molar-refractivity contribution in [3.05, 3.63) is 48.0 Å². The first kappa shape index (κ1) is 14.5. The standard InChI is InChI=1S/C14H17F2N3O/c1-10(17-7-6-13-18-8-9-19-13)11-4-2-3-5-12(11)20-14(15)16/h2-5,8-10,14,17H,6-7H2,1H3,(H,18,19). The van der Waals surface area contributed by atoms with Crippen LogP contribution < -0.4 is 10.1 Å². The predicted molar refractivity (Wildman–Crippen MR) is 71.8 cm³/mol. The van der Waals surface area contributed by atoms with E-state index < -0.39 is 6.61 Å². The molecule has 0 bridgehead atoms. The van der Waals surface area contributed by atoms with Crippen LogP contribution in [0.25, 0.3) is 0 Å². The summed E-state index contributed by atoms with van der Waals surface area (Å²) in [6.07, 6.45) is 4.21. The maximum absolute atomic E-state index is 12.3. The number of benzene rings is 1. The van der Waals surface area contributed by atoms with Gasteiger partial charge in [-0.2, -0.15) is 8.78 Å². The van der Waals surface area contributed by atoms with Gasteiger partial charge >= 0.3 is 6.61 Å². The Hall–Kier alpha value is -1.95. The van der Waals surface area contributed by atoms with E-state index in [0.717, 1.165) is 12.2 Å². The highest BCUT2D eigenvalue weighted by Gasteiger charge is 2.13. The summed E-state index contributed by atoms with van der Waals surface area (Å²) >= 11 is 0. The molecule has 0 saturated heterocycles. The van der Waals surface area contributed by atoms with Crippen molar-refractivity contribution in [1.29, 1.82) is 0 Å². The molecule has 0 spiro atoms. The Balaban J connectivity index is 1.92. The van der Waals surface area contributed by atoms with Crippen molar-refractivity contribution in [2.45, 2.75) is 26.0 Å². The summed E-state index contributed by atoms with van der Waals surface area (Å²) in [4.78, 5) is 7.14. The number of aromatic amines is 1. The molecule has 1 aromatic carbocycles. The number of alkyl halides is 2. The fourth-order valence-electron chi connectivity index (χ4n) is 1.99. The Bertz CT molecular complexity index is 517. The molecule has 1 aromatic heterocycles. The van der Waals surface area contributed by atoms with Crippen LogP contribution in [0.1, 0.15) is 24.4 Å². The summed E-state index contributed by atoms with van der Waals surface area (Å²) in [6, 6.07) is 6.73. The summed E-state index contributed by atoms with van der Waals surface area (Å²) in [6.45, 7) is -0.209. The zero-order valence-corrected chi connectivity index (χ0v) is 11.1. The van der Waals surface area contributed by atoms with Crippen molar-refractivity contribution in [3.8, 4) is 5.75 Å². The minimum atomic E-state index is -2.81. The minimum Gasteiger partial charge on any atom is -0.434 e. The van der Waals surface area contributed by atoms with Gasteiger partial charge in [-0.25, -0.2) is 4.98 Å². The number of hydrogen-bond donors (Lipinski definition) is 2. The van der Waals surface area contributed by atoms with Crippen LogP contribution in [0.3, 0.4) is 0 Å². The zero-order chi connectivity index (χ0) is 14.4. The molecule has 0 aliphatic rings. The number of hydrogen-bond acceptors (Lipinski definition) is 3. The van der Waals surface area contributed by atoms with Crippen LogP contribution in [0.2, 0.25) is 0 Å². The van der Waals surface area contributed by atoms with Crippen LogP contribution in [-0.4, -0.2) is 23.1 Å². The summed E-state index contributed by atoms with van der Waals surface area (Å²) in [5, 5.41) is 3.27. The van der Waals surface area contributed by atoms with E-state index >= 15 is 0 Å². The van der Waals surface area contributed by atoms with Gasteiger partial charge in [0, 0.05) is 37.0 Å². The van der Waals surface area contributed by atoms with E-state index in [-0.39, 0.29) is 11.8 Å². The van der Waals surface area contributed by atoms with E-state index in [9.17, 15) is 8.78 Å². The van der Waals surface area contributed by atoms with Gasteiger partial charge in [0.25, 0.3) is 0 Å². The van der Waals surface area contributed by atoms with Crippen LogP contribution in [0.4, 0.5) is 8.78 Å². The average molecular weight is 281 g/mol. The van der Waals surface area contributed by atoms with Gasteiger partial charge < -0.3 is 15.0 Å². The van der Waals surface area contributed by atoms with Crippen LogP contribution in [0.15, 0.2) is 36.7 Å². The van der Waals surface area contributed by atoms with Gasteiger partial charge in [-0.15, -0.1) is 0 Å². The lowest BCUT2D eigenvalue weighted by Gasteiger charge is -2.17. The number of imidazole rings is 1. The molecule has 4 nitrogen and oxygen atoms in total. The number of para-hydroxylation sites is 1. The molecule has 1 heterocycles. The van der Waals surface area contributed by atoms with Crippen molar-refractivity contribution >= 4 is 0 Å². The maximum Gasteiger partial charge on any atom is 0.387 e. The molecule has 20 heavy (non-hydrogen) atoms. The van der Waals surface area contributed by atoms with Crippen LogP contribution in [0, 0.1) is 0 Å². The fraction of sp³-hybridized carbons (Fsp3) is 0.357. The second-order valence-electron chi connectivity index (χ2n) is 4.38. The van der Waals surface area contributed by atoms with Gasteiger partial charge in [0.1, 0.15) is 11.6 Å². The first-order chi connectivity index (χ1) is 9.66. The highest BCUT2D eigenvalue weighted by molar-refractivity contribution is 5.35. The van der Waals surface area contributed by atoms with Gasteiger partial charge in [0.15, 0.2) is 0 Å². The van der Waals surface area contributed by atoms with Gasteiger partial charge in [-0.3, -0.25) is 0 Å². The molecule has 1 atom stereocenters. The number of aromatic nitrogens is 2. The van der Waals surface area contributed by atoms with E-state index in [4.69, 9.17) is 0 Å². The molecule has 0 aliphatic carbocycles. The summed E-state index contributed by atoms with van der Waals surface area (Å²) in [5.74, 6) is 1.10. The Morgan fingerprint density at radius 2 is 2.15 bits per heavy atom. The van der Waals surface area contributed by atoms with Crippen molar-refractivity contribution < 1.29 is 13.5 Å². The lowest BCUT2D eigenvalue weighted by molar-refractivity contribution is -0.0506. The van der Waals surface area contributed by atoms with Gasteiger partial charge in [0.2, 0.25) is 0 Å². The van der Waals surface area contributed by atoms with Crippen molar-refractivity contribution in [2.24, 2.45) is 0 Å². The summed E-state index contributed by atoms with van der Waals surface area (Å²) < 4.78 is 29.2. The second-order valence-corrected chi connectivity index (χ2v) is 4.38. The largest absolute Gasteiger partial charge is 0.434 e. The highest BCUT2D eigenvalue weighted by atomic mass is 19.3. The molecule has 2 aromatic rings. The number of nitrogens with one attached hydrogen (secondary N) is 2. The SMILES string of the molecule is CC(NCCc1ncc[nH]1)c1ccccc1OC(F)F. The average Bonchev–Trinajstić information content (AvgIpc) is 2.91. The van der Waals surface area contributed by atoms with E-state index in [0.29, 0.717) is 12.1 Å². The van der Waals surface area contributed by atoms with Gasteiger partial charge in [0.05, 0.1) is 0 Å². The third-order valence-electron chi connectivity index (χ3n) is 2.97. The first-order valence-electron chi connectivity index (χ1n) is 6.42. The third-order valence-corrected chi connectivity index (χ3v) is 2.97. The number of ether oxygens (including phenoxy) is 1. The number of rotatable bonds is 7. The van der Waals surface area contributed by atoms with E-state index in [1.54, 1.807) is 36.7 Å². The molecule has 108 valence electrons. The van der Waals surface area contributed by atoms with Crippen molar-refractivity contribution in [2.75, 3.05) is 6.54 Å². The molecule has 0 fully saturated rings. The van der Waals surface area contributed by atoms with Gasteiger partial charge in [-0.1, -0.05) is 18.2 Å². The van der Waals surface area contributed by atoms with Crippen LogP contribution in [0.5, 0.6) is 5.75 Å². The normalized spacial score (nSPS) is 12.6. The molecular formula is C14H17F2N3O. The van der Waals surface area contributed by atoms with Crippen molar-refractivity contribution in [3.63, 3.8) is 0 Å². The first-order valence-corrected chi connectivity index (χ1v) is 6.42. The number of nitrogens with zero attached hydrogens (tertiary/aromatic N) is 1. The molecule has 0 radical (unpaired) electrons. The fourth-order valence-corrected chi connectivity index (χ4v) is 1.99. The van der Waals surface area contributed by atoms with Crippen LogP contribution in [-0.2, 0) is 6.42 Å². The monoisotopic (exact) mass is 281 g/mol. The number of H-pyrrole nitrogens is 1. The Labute approximate surface area is 116 Å². The lowest BCUT2D eigenvalue weighted by Crippen LogP contribution is -2.22. The molecule has 2 N–H and O–H groups in total. The van der Waals surface area contributed by atoms with E-state index in [1.807, 2.05) is 6.92 Å². The van der Waals surface area contributed by atoms with E-state index in [1.165, 1.54) is 0 Å². The summed E-state index contributed by atoms with van der Waals surface area (Å²) in [5.41, 5.74) is 0.715. The van der Waals surface area contributed by atoms with Gasteiger partial charge in [-0.05, 0) is 13.0 Å². The Kier molecular flexibility index (Phi) is 5.06. The molecule has 0 aliphatic heterocycles. The Morgan fingerprint density at radius 3 is 2.85 bits per heavy atom. The second kappa shape index (κ2) is 7.00. The molecule has 0 amide bonds. The molecule has 2 rings (SSSR count). The smallest absolute Gasteiger partial charge is 0.387 e. The number of halogens is 2. The molecule has 1 unspecified atom stereocenters. The van der Waals surface area contributed by atoms with Crippen LogP contribution >= 0.6 is 0 Å². The third kappa shape index (κ3) is 4.03. The molecule has 6 heteroatoms. The topological polar surface area (TPSA) is 49.9 Å². The molecule has 0 saturated carbocycles. The van der Waals surface area contributed by atoms with Crippen molar-refractivity contribution in [1.82, 2.24) is 15.3 Å². The summed E-state index contributed by atoms with van der Waals surface area (Å²) in [7, 11) is 0. The van der Waals surface area contributed by atoms with E-state index in [2.05, 4.69) is 20.0 Å². The Morgan fingerprint density at radius 1 is 1.35 bits per heavy atom. The maximum atomic E-state index is 12.3. The zero-order valence-electron chi connectivity index (χ0n) is 11.1. The predicted octanol–water partition coefficient (Wildman–Crippen LogP) is 2.90. The minimum absolute atomic E-state index is 0.0834. The lowest BCUT2D eigenvalue weighted by atomic mass is 10.1. The quantitative estimate of drug-likeness (QED) is 0.820. The highest BCUT2D eigenvalue weighted by Crippen LogP contribution is 2.26. The molecular weight excluding hydrogens is 264 g/mol.